The highest BCUT2D eigenvalue weighted by Crippen LogP contribution is 2.65. The molecule has 0 radical (unpaired) electrons. The van der Waals surface area contributed by atoms with Crippen LogP contribution in [0, 0.1) is 23.7 Å². The topological polar surface area (TPSA) is 9.23 Å². The minimum Gasteiger partial charge on any atom is -0.374 e. The van der Waals surface area contributed by atoms with E-state index in [4.69, 9.17) is 4.74 Å². The number of hydrogen-bond donors (Lipinski definition) is 0. The highest BCUT2D eigenvalue weighted by Gasteiger charge is 2.65. The van der Waals surface area contributed by atoms with Crippen molar-refractivity contribution in [3.05, 3.63) is 0 Å². The van der Waals surface area contributed by atoms with Crippen LogP contribution in [0.4, 0.5) is 0 Å². The van der Waals surface area contributed by atoms with E-state index < -0.39 is 0 Å². The summed E-state index contributed by atoms with van der Waals surface area (Å²) < 4.78 is 6.99. The summed E-state index contributed by atoms with van der Waals surface area (Å²) >= 11 is 2.32. The number of hydrogen-bond acceptors (Lipinski definition) is 2. The van der Waals surface area contributed by atoms with Gasteiger partial charge in [0.2, 0.25) is 0 Å². The van der Waals surface area contributed by atoms with Gasteiger partial charge in [-0.1, -0.05) is 26.7 Å². The molecule has 0 aromatic rings. The molecule has 0 N–H and O–H groups in total. The zero-order chi connectivity index (χ0) is 10.9. The summed E-state index contributed by atoms with van der Waals surface area (Å²) in [5, 5.41) is 0. The van der Waals surface area contributed by atoms with E-state index in [1.54, 1.807) is 0 Å². The van der Waals surface area contributed by atoms with Crippen molar-refractivity contribution in [2.45, 2.75) is 56.5 Å². The van der Waals surface area contributed by atoms with Crippen LogP contribution in [0.25, 0.3) is 0 Å². The molecule has 4 rings (SSSR count). The molecule has 1 saturated carbocycles. The van der Waals surface area contributed by atoms with Crippen molar-refractivity contribution in [3.8, 4) is 0 Å². The van der Waals surface area contributed by atoms with Crippen LogP contribution in [0.5, 0.6) is 0 Å². The Morgan fingerprint density at radius 2 is 1.75 bits per heavy atom. The van der Waals surface area contributed by atoms with Crippen LogP contribution >= 0.6 is 11.8 Å². The molecule has 90 valence electrons. The van der Waals surface area contributed by atoms with Crippen LogP contribution in [0.1, 0.15) is 39.5 Å². The van der Waals surface area contributed by atoms with Gasteiger partial charge in [0, 0.05) is 16.6 Å². The van der Waals surface area contributed by atoms with E-state index in [9.17, 15) is 0 Å². The van der Waals surface area contributed by atoms with E-state index in [0.717, 1.165) is 23.7 Å². The van der Waals surface area contributed by atoms with Crippen molar-refractivity contribution in [1.82, 2.24) is 0 Å². The SMILES string of the molecule is CC1C(C)C2OC1C1CSC3(CCCC3)C12. The molecular weight excluding hydrogens is 216 g/mol. The largest absolute Gasteiger partial charge is 0.374 e. The molecule has 4 fully saturated rings. The number of ether oxygens (including phenoxy) is 1. The molecule has 1 aliphatic carbocycles. The maximum absolute atomic E-state index is 6.34. The van der Waals surface area contributed by atoms with Gasteiger partial charge in [-0.2, -0.15) is 11.8 Å². The smallest absolute Gasteiger partial charge is 0.0653 e. The zero-order valence-corrected chi connectivity index (χ0v) is 11.1. The molecular formula is C14H22OS. The van der Waals surface area contributed by atoms with Crippen LogP contribution in [0.15, 0.2) is 0 Å². The fraction of sp³-hybridized carbons (Fsp3) is 1.00. The van der Waals surface area contributed by atoms with Crippen LogP contribution in [0.3, 0.4) is 0 Å². The molecule has 1 spiro atoms. The first kappa shape index (κ1) is 10.3. The minimum absolute atomic E-state index is 0.609. The van der Waals surface area contributed by atoms with Crippen LogP contribution in [0.2, 0.25) is 0 Å². The maximum Gasteiger partial charge on any atom is 0.0653 e. The first-order valence-electron chi connectivity index (χ1n) is 7.02. The molecule has 16 heavy (non-hydrogen) atoms. The Morgan fingerprint density at radius 3 is 2.50 bits per heavy atom. The number of fused-ring (bicyclic) bond motifs is 6. The lowest BCUT2D eigenvalue weighted by Crippen LogP contribution is -2.43. The monoisotopic (exact) mass is 238 g/mol. The van der Waals surface area contributed by atoms with E-state index in [0.29, 0.717) is 17.0 Å². The lowest BCUT2D eigenvalue weighted by molar-refractivity contribution is 0.0679. The van der Waals surface area contributed by atoms with Crippen LogP contribution < -0.4 is 0 Å². The molecule has 3 heterocycles. The summed E-state index contributed by atoms with van der Waals surface area (Å²) in [6.45, 7) is 4.84. The van der Waals surface area contributed by atoms with Gasteiger partial charge in [0.05, 0.1) is 12.2 Å². The van der Waals surface area contributed by atoms with Gasteiger partial charge >= 0.3 is 0 Å². The highest BCUT2D eigenvalue weighted by molar-refractivity contribution is 8.01. The summed E-state index contributed by atoms with van der Waals surface area (Å²) in [6, 6.07) is 0. The van der Waals surface area contributed by atoms with Crippen molar-refractivity contribution in [2.24, 2.45) is 23.7 Å². The lowest BCUT2D eigenvalue weighted by Gasteiger charge is -2.38. The molecule has 0 amide bonds. The lowest BCUT2D eigenvalue weighted by atomic mass is 9.65. The molecule has 2 bridgehead atoms. The maximum atomic E-state index is 6.34. The van der Waals surface area contributed by atoms with Gasteiger partial charge in [0.25, 0.3) is 0 Å². The van der Waals surface area contributed by atoms with Gasteiger partial charge < -0.3 is 4.74 Å². The fourth-order valence-corrected chi connectivity index (χ4v) is 7.08. The Kier molecular flexibility index (Phi) is 2.05. The van der Waals surface area contributed by atoms with Crippen molar-refractivity contribution in [3.63, 3.8) is 0 Å². The molecule has 0 aromatic heterocycles. The predicted molar refractivity (Wildman–Crippen MR) is 67.6 cm³/mol. The Morgan fingerprint density at radius 1 is 1.06 bits per heavy atom. The second-order valence-corrected chi connectivity index (χ2v) is 7.99. The molecule has 4 aliphatic rings. The van der Waals surface area contributed by atoms with E-state index in [2.05, 4.69) is 25.6 Å². The molecule has 6 atom stereocenters. The Bertz CT molecular complexity index is 310. The quantitative estimate of drug-likeness (QED) is 0.640. The highest BCUT2D eigenvalue weighted by atomic mass is 32.2. The van der Waals surface area contributed by atoms with Crippen molar-refractivity contribution in [1.29, 1.82) is 0 Å². The standard InChI is InChI=1S/C14H22OS/c1-8-9(2)13-11-10(12(8)15-13)7-16-14(11)5-3-4-6-14/h8-13H,3-7H2,1-2H3. The summed E-state index contributed by atoms with van der Waals surface area (Å²) in [7, 11) is 0. The third kappa shape index (κ3) is 1.04. The second-order valence-electron chi connectivity index (χ2n) is 6.56. The van der Waals surface area contributed by atoms with Crippen LogP contribution in [-0.4, -0.2) is 22.7 Å². The molecule has 3 aliphatic heterocycles. The molecule has 6 unspecified atom stereocenters. The van der Waals surface area contributed by atoms with E-state index in [1.165, 1.54) is 31.4 Å². The summed E-state index contributed by atoms with van der Waals surface area (Å²) in [5.41, 5.74) is 0. The predicted octanol–water partition coefficient (Wildman–Crippen LogP) is 3.33. The average Bonchev–Trinajstić information content (AvgIpc) is 2.99. The zero-order valence-electron chi connectivity index (χ0n) is 10.3. The summed E-state index contributed by atoms with van der Waals surface area (Å²) in [4.78, 5) is 0. The Balaban J connectivity index is 1.70. The van der Waals surface area contributed by atoms with Crippen molar-refractivity contribution >= 4 is 11.8 Å². The molecule has 2 heteroatoms. The number of thioether (sulfide) groups is 1. The van der Waals surface area contributed by atoms with Gasteiger partial charge in [-0.15, -0.1) is 0 Å². The molecule has 0 aromatic carbocycles. The van der Waals surface area contributed by atoms with Gasteiger partial charge in [0.1, 0.15) is 0 Å². The van der Waals surface area contributed by atoms with Crippen molar-refractivity contribution < 1.29 is 4.74 Å². The second kappa shape index (κ2) is 3.20. The summed E-state index contributed by atoms with van der Waals surface area (Å²) in [5.74, 6) is 4.82. The normalized spacial score (nSPS) is 57.4. The average molecular weight is 238 g/mol. The number of rotatable bonds is 0. The third-order valence-electron chi connectivity index (χ3n) is 6.04. The van der Waals surface area contributed by atoms with Gasteiger partial charge in [-0.05, 0) is 30.4 Å². The Hall–Kier alpha value is 0.310. The molecule has 3 saturated heterocycles. The van der Waals surface area contributed by atoms with E-state index in [-0.39, 0.29) is 0 Å². The minimum atomic E-state index is 0.609. The summed E-state index contributed by atoms with van der Waals surface area (Å²) in [6.07, 6.45) is 7.12. The molecule has 1 nitrogen and oxygen atoms in total. The van der Waals surface area contributed by atoms with Crippen molar-refractivity contribution in [2.75, 3.05) is 5.75 Å². The fourth-order valence-electron chi connectivity index (χ4n) is 5.08. The van der Waals surface area contributed by atoms with Gasteiger partial charge in [0.15, 0.2) is 0 Å². The van der Waals surface area contributed by atoms with Gasteiger partial charge in [-0.3, -0.25) is 0 Å². The van der Waals surface area contributed by atoms with Gasteiger partial charge in [-0.25, -0.2) is 0 Å². The third-order valence-corrected chi connectivity index (χ3v) is 7.84. The first-order chi connectivity index (χ1) is 7.73. The first-order valence-corrected chi connectivity index (χ1v) is 8.01. The van der Waals surface area contributed by atoms with Crippen LogP contribution in [-0.2, 0) is 4.74 Å². The van der Waals surface area contributed by atoms with E-state index in [1.807, 2.05) is 0 Å². The Labute approximate surface area is 103 Å². The van der Waals surface area contributed by atoms with E-state index >= 15 is 0 Å².